The number of benzene rings is 1. The number of H-pyrrole nitrogens is 1. The van der Waals surface area contributed by atoms with Gasteiger partial charge in [-0.1, -0.05) is 19.1 Å². The second-order valence-electron chi connectivity index (χ2n) is 6.35. The van der Waals surface area contributed by atoms with E-state index < -0.39 is 0 Å². The Bertz CT molecular complexity index is 860. The van der Waals surface area contributed by atoms with Crippen molar-refractivity contribution in [3.05, 3.63) is 52.3 Å². The average Bonchev–Trinajstić information content (AvgIpc) is 3.07. The largest absolute Gasteiger partial charge is 0.370 e. The Balaban J connectivity index is 1.54. The van der Waals surface area contributed by atoms with E-state index in [-0.39, 0.29) is 5.96 Å². The van der Waals surface area contributed by atoms with E-state index in [0.717, 1.165) is 42.3 Å². The molecule has 2 aromatic rings. The maximum Gasteiger partial charge on any atom is 0.185 e. The summed E-state index contributed by atoms with van der Waals surface area (Å²) in [6.45, 7) is 5.15. The van der Waals surface area contributed by atoms with E-state index in [1.807, 2.05) is 0 Å². The summed E-state index contributed by atoms with van der Waals surface area (Å²) in [7, 11) is 0. The molecule has 138 valence electrons. The van der Waals surface area contributed by atoms with Crippen LogP contribution in [0, 0.1) is 0 Å². The maximum absolute atomic E-state index is 5.30. The lowest BCUT2D eigenvalue weighted by Gasteiger charge is -2.20. The summed E-state index contributed by atoms with van der Waals surface area (Å²) in [5, 5.41) is 4.55. The SMILES string of the molecule is CCc1cc2c([nH]1)=NCN(c1ccc(CNCCCN=C(N)N)cc1)C=2. The third kappa shape index (κ3) is 4.64. The number of nitrogens with zero attached hydrogens (tertiary/aromatic N) is 3. The molecule has 26 heavy (non-hydrogen) atoms. The molecule has 0 saturated carbocycles. The molecular weight excluding hydrogens is 326 g/mol. The summed E-state index contributed by atoms with van der Waals surface area (Å²) in [6, 6.07) is 10.7. The number of aliphatic imine (C=N–C) groups is 1. The Morgan fingerprint density at radius 3 is 2.85 bits per heavy atom. The number of hydrogen-bond donors (Lipinski definition) is 4. The van der Waals surface area contributed by atoms with Gasteiger partial charge in [0.25, 0.3) is 0 Å². The standard InChI is InChI=1S/C19H27N7/c1-2-16-10-15-12-26(13-24-18(15)25-16)17-6-4-14(5-7-17)11-22-8-3-9-23-19(20)21/h4-7,10,12,22H,2-3,8-9,11,13H2,1H3,(H,24,25)(H4,20,21,23). The van der Waals surface area contributed by atoms with Gasteiger partial charge in [-0.05, 0) is 43.1 Å². The molecule has 0 amide bonds. The van der Waals surface area contributed by atoms with Crippen LogP contribution in [0.5, 0.6) is 0 Å². The summed E-state index contributed by atoms with van der Waals surface area (Å²) in [4.78, 5) is 14.1. The average molecular weight is 353 g/mol. The number of guanidine groups is 1. The zero-order valence-electron chi connectivity index (χ0n) is 15.2. The molecule has 0 saturated heterocycles. The summed E-state index contributed by atoms with van der Waals surface area (Å²) < 4.78 is 0. The molecule has 0 spiro atoms. The van der Waals surface area contributed by atoms with Gasteiger partial charge < -0.3 is 26.7 Å². The van der Waals surface area contributed by atoms with Crippen molar-refractivity contribution in [2.75, 3.05) is 24.7 Å². The fourth-order valence-corrected chi connectivity index (χ4v) is 2.90. The monoisotopic (exact) mass is 353 g/mol. The lowest BCUT2D eigenvalue weighted by atomic mass is 10.2. The molecule has 0 aliphatic carbocycles. The minimum absolute atomic E-state index is 0.152. The first-order valence-electron chi connectivity index (χ1n) is 9.01. The molecule has 0 unspecified atom stereocenters. The van der Waals surface area contributed by atoms with Crippen LogP contribution in [0.3, 0.4) is 0 Å². The van der Waals surface area contributed by atoms with Gasteiger partial charge in [0.1, 0.15) is 12.2 Å². The molecule has 0 fully saturated rings. The van der Waals surface area contributed by atoms with Crippen LogP contribution < -0.4 is 32.4 Å². The molecule has 1 aliphatic heterocycles. The number of aromatic amines is 1. The van der Waals surface area contributed by atoms with Gasteiger partial charge in [-0.2, -0.15) is 0 Å². The van der Waals surface area contributed by atoms with Crippen LogP contribution in [0.4, 0.5) is 5.69 Å². The quantitative estimate of drug-likeness (QED) is 0.308. The summed E-state index contributed by atoms with van der Waals surface area (Å²) in [5.74, 6) is 0.152. The first kappa shape index (κ1) is 18.0. The summed E-state index contributed by atoms with van der Waals surface area (Å²) in [6.07, 6.45) is 4.07. The van der Waals surface area contributed by atoms with E-state index in [1.165, 1.54) is 11.3 Å². The van der Waals surface area contributed by atoms with Crippen molar-refractivity contribution < 1.29 is 0 Å². The van der Waals surface area contributed by atoms with Crippen molar-refractivity contribution in [2.24, 2.45) is 21.5 Å². The highest BCUT2D eigenvalue weighted by atomic mass is 15.2. The van der Waals surface area contributed by atoms with Gasteiger partial charge in [-0.25, -0.2) is 4.99 Å². The molecule has 0 bridgehead atoms. The predicted molar refractivity (Wildman–Crippen MR) is 106 cm³/mol. The second kappa shape index (κ2) is 8.53. The Labute approximate surface area is 153 Å². The van der Waals surface area contributed by atoms with Crippen LogP contribution in [0.25, 0.3) is 6.20 Å². The van der Waals surface area contributed by atoms with E-state index in [4.69, 9.17) is 11.5 Å². The predicted octanol–water partition coefficient (Wildman–Crippen LogP) is 0.166. The molecule has 1 aliphatic rings. The van der Waals surface area contributed by atoms with Crippen molar-refractivity contribution in [3.8, 4) is 0 Å². The smallest absolute Gasteiger partial charge is 0.185 e. The molecule has 6 N–H and O–H groups in total. The van der Waals surface area contributed by atoms with E-state index in [2.05, 4.69) is 68.6 Å². The lowest BCUT2D eigenvalue weighted by molar-refractivity contribution is 0.655. The van der Waals surface area contributed by atoms with Gasteiger partial charge in [0.2, 0.25) is 0 Å². The fraction of sp³-hybridized carbons (Fsp3) is 0.368. The number of aryl methyl sites for hydroxylation is 1. The Morgan fingerprint density at radius 2 is 2.12 bits per heavy atom. The highest BCUT2D eigenvalue weighted by Crippen LogP contribution is 2.16. The minimum atomic E-state index is 0.152. The molecule has 2 heterocycles. The van der Waals surface area contributed by atoms with E-state index in [1.54, 1.807) is 0 Å². The number of aromatic nitrogens is 1. The highest BCUT2D eigenvalue weighted by Gasteiger charge is 2.08. The summed E-state index contributed by atoms with van der Waals surface area (Å²) >= 11 is 0. The number of nitrogens with one attached hydrogen (secondary N) is 2. The van der Waals surface area contributed by atoms with Crippen molar-refractivity contribution in [1.82, 2.24) is 10.3 Å². The van der Waals surface area contributed by atoms with E-state index >= 15 is 0 Å². The Kier molecular flexibility index (Phi) is 5.91. The molecule has 1 aromatic heterocycles. The van der Waals surface area contributed by atoms with Gasteiger partial charge >= 0.3 is 0 Å². The third-order valence-corrected chi connectivity index (χ3v) is 4.34. The molecular formula is C19H27N7. The number of anilines is 1. The van der Waals surface area contributed by atoms with Gasteiger partial charge in [-0.3, -0.25) is 4.99 Å². The molecule has 7 heteroatoms. The number of nitrogens with two attached hydrogens (primary N) is 2. The number of fused-ring (bicyclic) bond motifs is 1. The Hall–Kier alpha value is -2.80. The van der Waals surface area contributed by atoms with Crippen molar-refractivity contribution in [3.63, 3.8) is 0 Å². The molecule has 0 radical (unpaired) electrons. The van der Waals surface area contributed by atoms with Crippen LogP contribution in [0.1, 0.15) is 24.6 Å². The van der Waals surface area contributed by atoms with Crippen LogP contribution >= 0.6 is 0 Å². The zero-order valence-corrected chi connectivity index (χ0v) is 15.2. The van der Waals surface area contributed by atoms with Crippen molar-refractivity contribution in [2.45, 2.75) is 26.3 Å². The minimum Gasteiger partial charge on any atom is -0.370 e. The fourth-order valence-electron chi connectivity index (χ4n) is 2.90. The van der Waals surface area contributed by atoms with Gasteiger partial charge in [-0.15, -0.1) is 0 Å². The molecule has 1 aromatic carbocycles. The zero-order chi connectivity index (χ0) is 18.4. The van der Waals surface area contributed by atoms with Crippen LogP contribution in [0.2, 0.25) is 0 Å². The molecule has 0 atom stereocenters. The van der Waals surface area contributed by atoms with Gasteiger partial charge in [0, 0.05) is 35.9 Å². The second-order valence-corrected chi connectivity index (χ2v) is 6.35. The van der Waals surface area contributed by atoms with Gasteiger partial charge in [0.15, 0.2) is 5.96 Å². The first-order valence-corrected chi connectivity index (χ1v) is 9.01. The van der Waals surface area contributed by atoms with E-state index in [9.17, 15) is 0 Å². The van der Waals surface area contributed by atoms with Crippen LogP contribution in [-0.2, 0) is 13.0 Å². The normalized spacial score (nSPS) is 12.9. The lowest BCUT2D eigenvalue weighted by Crippen LogP contribution is -2.34. The Morgan fingerprint density at radius 1 is 1.31 bits per heavy atom. The third-order valence-electron chi connectivity index (χ3n) is 4.34. The number of rotatable bonds is 8. The van der Waals surface area contributed by atoms with Gasteiger partial charge in [0.05, 0.1) is 0 Å². The molecule has 3 rings (SSSR count). The first-order chi connectivity index (χ1) is 12.7. The van der Waals surface area contributed by atoms with Crippen LogP contribution in [0.15, 0.2) is 40.3 Å². The number of hydrogen-bond acceptors (Lipinski definition) is 4. The van der Waals surface area contributed by atoms with Crippen molar-refractivity contribution in [1.29, 1.82) is 0 Å². The topological polar surface area (TPSA) is 108 Å². The molecule has 7 nitrogen and oxygen atoms in total. The van der Waals surface area contributed by atoms with Crippen molar-refractivity contribution >= 4 is 17.8 Å². The highest BCUT2D eigenvalue weighted by molar-refractivity contribution is 5.75. The maximum atomic E-state index is 5.30. The summed E-state index contributed by atoms with van der Waals surface area (Å²) in [5.41, 5.74) is 15.2. The van der Waals surface area contributed by atoms with Crippen LogP contribution in [-0.4, -0.2) is 30.7 Å². The van der Waals surface area contributed by atoms with E-state index in [0.29, 0.717) is 13.2 Å².